The summed E-state index contributed by atoms with van der Waals surface area (Å²) in [5.41, 5.74) is 2.37. The van der Waals surface area contributed by atoms with E-state index in [4.69, 9.17) is 11.6 Å². The molecule has 1 aliphatic heterocycles. The summed E-state index contributed by atoms with van der Waals surface area (Å²) in [7, 11) is 0. The Labute approximate surface area is 277 Å². The predicted molar refractivity (Wildman–Crippen MR) is 179 cm³/mol. The number of phenols is 1. The molecule has 0 radical (unpaired) electrons. The van der Waals surface area contributed by atoms with Gasteiger partial charge in [-0.05, 0) is 77.9 Å². The lowest BCUT2D eigenvalue weighted by atomic mass is 9.44. The number of Topliss-reactive ketones (excluding diaryl/α,β-unsaturated/α-hetero) is 1. The van der Waals surface area contributed by atoms with Gasteiger partial charge in [-0.2, -0.15) is 0 Å². The van der Waals surface area contributed by atoms with E-state index >= 15 is 0 Å². The van der Waals surface area contributed by atoms with E-state index in [0.717, 1.165) is 5.57 Å². The number of ketones is 2. The van der Waals surface area contributed by atoms with Crippen molar-refractivity contribution in [2.75, 3.05) is 4.90 Å². The molecule has 6 nitrogen and oxygen atoms in total. The van der Waals surface area contributed by atoms with Crippen molar-refractivity contribution < 1.29 is 24.3 Å². The lowest BCUT2D eigenvalue weighted by Crippen LogP contribution is -2.58. The minimum atomic E-state index is -1.33. The molecule has 4 aromatic carbocycles. The number of phenolic OH excluding ortho intramolecular Hbond substituents is 1. The summed E-state index contributed by atoms with van der Waals surface area (Å²) in [6.45, 7) is 0. The number of halogens is 1. The molecule has 1 heterocycles. The number of benzene rings is 4. The Hall–Kier alpha value is -5.07. The molecule has 4 aliphatic rings. The summed E-state index contributed by atoms with van der Waals surface area (Å²) >= 11 is 6.12. The maximum absolute atomic E-state index is 15.0. The normalized spacial score (nSPS) is 28.3. The number of amides is 2. The molecule has 0 unspecified atom stereocenters. The third kappa shape index (κ3) is 4.31. The van der Waals surface area contributed by atoms with Crippen LogP contribution >= 0.6 is 11.6 Å². The van der Waals surface area contributed by atoms with Gasteiger partial charge in [-0.1, -0.05) is 96.0 Å². The van der Waals surface area contributed by atoms with Gasteiger partial charge in [-0.3, -0.25) is 24.1 Å². The van der Waals surface area contributed by atoms with Crippen LogP contribution in [-0.4, -0.2) is 28.5 Å². The van der Waals surface area contributed by atoms with Gasteiger partial charge >= 0.3 is 0 Å². The van der Waals surface area contributed by atoms with Crippen molar-refractivity contribution in [3.05, 3.63) is 149 Å². The van der Waals surface area contributed by atoms with Crippen molar-refractivity contribution in [2.45, 2.75) is 24.2 Å². The number of allylic oxidation sites excluding steroid dienone is 4. The smallest absolute Gasteiger partial charge is 0.238 e. The van der Waals surface area contributed by atoms with Gasteiger partial charge in [0.1, 0.15) is 5.75 Å². The number of rotatable bonds is 4. The molecule has 8 rings (SSSR count). The molecule has 6 atom stereocenters. The fraction of sp³-hybridized carbons (Fsp3) is 0.200. The Morgan fingerprint density at radius 2 is 1.47 bits per heavy atom. The minimum Gasteiger partial charge on any atom is -0.508 e. The maximum atomic E-state index is 15.0. The number of anilines is 1. The lowest BCUT2D eigenvalue weighted by Gasteiger charge is -2.55. The zero-order chi connectivity index (χ0) is 32.4. The number of imide groups is 1. The molecular formula is C40H30ClNO5. The average molecular weight is 640 g/mol. The Balaban J connectivity index is 1.35. The highest BCUT2D eigenvalue weighted by Gasteiger charge is 2.66. The molecule has 1 saturated heterocycles. The van der Waals surface area contributed by atoms with Crippen LogP contribution in [0.1, 0.15) is 35.4 Å². The first kappa shape index (κ1) is 29.3. The van der Waals surface area contributed by atoms with Crippen molar-refractivity contribution >= 4 is 46.2 Å². The van der Waals surface area contributed by atoms with E-state index in [1.54, 1.807) is 42.5 Å². The van der Waals surface area contributed by atoms with Gasteiger partial charge in [0, 0.05) is 22.4 Å². The van der Waals surface area contributed by atoms with Crippen LogP contribution in [0.15, 0.2) is 127 Å². The van der Waals surface area contributed by atoms with Gasteiger partial charge < -0.3 is 5.11 Å². The molecule has 0 spiro atoms. The predicted octanol–water partition coefficient (Wildman–Crippen LogP) is 7.07. The fourth-order valence-electron chi connectivity index (χ4n) is 8.80. The first-order valence-electron chi connectivity index (χ1n) is 15.8. The van der Waals surface area contributed by atoms with Crippen LogP contribution in [0.2, 0.25) is 5.02 Å². The van der Waals surface area contributed by atoms with Crippen molar-refractivity contribution in [3.8, 4) is 5.75 Å². The van der Waals surface area contributed by atoms with Crippen LogP contribution in [0.3, 0.4) is 0 Å². The lowest BCUT2D eigenvalue weighted by molar-refractivity contribution is -0.135. The summed E-state index contributed by atoms with van der Waals surface area (Å²) in [6, 6.07) is 32.1. The topological polar surface area (TPSA) is 91.8 Å². The van der Waals surface area contributed by atoms with E-state index < -0.39 is 35.0 Å². The molecule has 1 saturated carbocycles. The molecule has 0 bridgehead atoms. The molecule has 1 N–H and O–H groups in total. The van der Waals surface area contributed by atoms with Gasteiger partial charge in [0.2, 0.25) is 11.8 Å². The third-order valence-electron chi connectivity index (χ3n) is 10.7. The molecule has 232 valence electrons. The Bertz CT molecular complexity index is 2020. The van der Waals surface area contributed by atoms with Crippen LogP contribution in [0.5, 0.6) is 5.75 Å². The number of hydrogen-bond acceptors (Lipinski definition) is 5. The first-order valence-corrected chi connectivity index (χ1v) is 16.2. The minimum absolute atomic E-state index is 0.0369. The third-order valence-corrected chi connectivity index (χ3v) is 10.9. The summed E-state index contributed by atoms with van der Waals surface area (Å²) in [6.07, 6.45) is 4.06. The number of fused-ring (bicyclic) bond motifs is 4. The molecule has 0 aromatic heterocycles. The van der Waals surface area contributed by atoms with Gasteiger partial charge in [-0.15, -0.1) is 0 Å². The van der Waals surface area contributed by atoms with Crippen molar-refractivity contribution in [1.29, 1.82) is 0 Å². The summed E-state index contributed by atoms with van der Waals surface area (Å²) in [4.78, 5) is 59.4. The second kappa shape index (κ2) is 11.0. The molecule has 4 aromatic rings. The number of hydrogen-bond donors (Lipinski definition) is 1. The van der Waals surface area contributed by atoms with Crippen molar-refractivity contribution in [2.24, 2.45) is 23.7 Å². The standard InChI is InChI=1S/C40H30ClNO5/c41-26-14-16-27(17-15-26)42-38(46)30-19-18-29-32(35(30)39(42)47)21-33-37(45)31(23-8-3-1-4-9-23)22-34(44)40(33,25-11-5-2-6-12-25)36(29)24-10-7-13-28(43)20-24/h1-18,20,22,30,32-33,35-36,43H,19,21H2/t30-,32+,33-,35-,36-,40-/m0/s1. The van der Waals surface area contributed by atoms with Gasteiger partial charge in [0.05, 0.1) is 22.9 Å². The Morgan fingerprint density at radius 1 is 0.766 bits per heavy atom. The number of carbonyl (C=O) groups is 4. The molecule has 2 amide bonds. The molecule has 3 aliphatic carbocycles. The Morgan fingerprint density at radius 3 is 2.17 bits per heavy atom. The summed E-state index contributed by atoms with van der Waals surface area (Å²) < 4.78 is 0. The monoisotopic (exact) mass is 639 g/mol. The molecule has 7 heteroatoms. The second-order valence-corrected chi connectivity index (χ2v) is 13.3. The highest BCUT2D eigenvalue weighted by Crippen LogP contribution is 2.63. The second-order valence-electron chi connectivity index (χ2n) is 12.9. The first-order chi connectivity index (χ1) is 22.8. The fourth-order valence-corrected chi connectivity index (χ4v) is 8.92. The molecular weight excluding hydrogens is 610 g/mol. The van der Waals surface area contributed by atoms with Crippen LogP contribution in [0, 0.1) is 23.7 Å². The number of nitrogens with zero attached hydrogens (tertiary/aromatic N) is 1. The van der Waals surface area contributed by atoms with Crippen LogP contribution < -0.4 is 4.90 Å². The van der Waals surface area contributed by atoms with Crippen LogP contribution in [-0.2, 0) is 24.6 Å². The maximum Gasteiger partial charge on any atom is 0.238 e. The summed E-state index contributed by atoms with van der Waals surface area (Å²) in [5.74, 6) is -4.21. The highest BCUT2D eigenvalue weighted by molar-refractivity contribution is 6.32. The summed E-state index contributed by atoms with van der Waals surface area (Å²) in [5, 5.41) is 11.2. The van der Waals surface area contributed by atoms with Gasteiger partial charge in [0.25, 0.3) is 0 Å². The highest BCUT2D eigenvalue weighted by atomic mass is 35.5. The van der Waals surface area contributed by atoms with E-state index in [2.05, 4.69) is 0 Å². The van der Waals surface area contributed by atoms with Gasteiger partial charge in [-0.25, -0.2) is 0 Å². The van der Waals surface area contributed by atoms with Gasteiger partial charge in [0.15, 0.2) is 11.6 Å². The zero-order valence-corrected chi connectivity index (χ0v) is 26.0. The van der Waals surface area contributed by atoms with Crippen molar-refractivity contribution in [3.63, 3.8) is 0 Å². The molecule has 47 heavy (non-hydrogen) atoms. The van der Waals surface area contributed by atoms with E-state index in [1.165, 1.54) is 11.0 Å². The van der Waals surface area contributed by atoms with Crippen LogP contribution in [0.25, 0.3) is 5.57 Å². The van der Waals surface area contributed by atoms with E-state index in [-0.39, 0.29) is 35.6 Å². The van der Waals surface area contributed by atoms with E-state index in [1.807, 2.05) is 72.8 Å². The van der Waals surface area contributed by atoms with E-state index in [0.29, 0.717) is 39.4 Å². The SMILES string of the molecule is O=C1C(c2ccccc2)=CC(=O)[C@@]2(c3ccccc3)[C@@H](c3cccc(O)c3)C3=CC[C@@H]4C(=O)N(c5ccc(Cl)cc5)C(=O)[C@@H]4[C@@H]3C[C@@H]12. The quantitative estimate of drug-likeness (QED) is 0.190. The van der Waals surface area contributed by atoms with E-state index in [9.17, 15) is 24.3 Å². The zero-order valence-electron chi connectivity index (χ0n) is 25.3. The Kier molecular flexibility index (Phi) is 6.88. The largest absolute Gasteiger partial charge is 0.508 e. The molecule has 2 fully saturated rings. The number of aromatic hydroxyl groups is 1. The average Bonchev–Trinajstić information content (AvgIpc) is 3.35. The number of carbonyl (C=O) groups excluding carboxylic acids is 4. The van der Waals surface area contributed by atoms with Crippen LogP contribution in [0.4, 0.5) is 5.69 Å². The van der Waals surface area contributed by atoms with Crippen molar-refractivity contribution in [1.82, 2.24) is 0 Å².